The van der Waals surface area contributed by atoms with Crippen molar-refractivity contribution in [1.29, 1.82) is 0 Å². The van der Waals surface area contributed by atoms with Gasteiger partial charge in [0, 0.05) is 36.1 Å². The predicted octanol–water partition coefficient (Wildman–Crippen LogP) is 5.20. The molecule has 0 spiro atoms. The number of anilines is 1. The summed E-state index contributed by atoms with van der Waals surface area (Å²) in [4.78, 5) is 25.0. The van der Waals surface area contributed by atoms with E-state index in [9.17, 15) is 9.18 Å². The number of benzene rings is 2. The SMILES string of the molecule is Cc1nc(C)c(C(=O)Nc2ccc(F)c(-c3nc4ncc(-c5ccccc5)cn4c3F)c2)o1. The number of carbonyl (C=O) groups is 1. The molecular formula is C24H17F2N5O2. The molecule has 33 heavy (non-hydrogen) atoms. The Kier molecular flexibility index (Phi) is 4.93. The molecule has 5 aromatic rings. The van der Waals surface area contributed by atoms with Crippen LogP contribution < -0.4 is 5.32 Å². The average molecular weight is 445 g/mol. The van der Waals surface area contributed by atoms with Crippen LogP contribution in [0.1, 0.15) is 22.1 Å². The lowest BCUT2D eigenvalue weighted by molar-refractivity contribution is 0.0994. The molecule has 7 nitrogen and oxygen atoms in total. The van der Waals surface area contributed by atoms with Gasteiger partial charge in [-0.3, -0.25) is 9.20 Å². The maximum absolute atomic E-state index is 15.3. The van der Waals surface area contributed by atoms with Crippen molar-refractivity contribution in [1.82, 2.24) is 19.4 Å². The van der Waals surface area contributed by atoms with Crippen LogP contribution in [-0.4, -0.2) is 25.3 Å². The van der Waals surface area contributed by atoms with E-state index in [2.05, 4.69) is 20.3 Å². The maximum Gasteiger partial charge on any atom is 0.293 e. The van der Waals surface area contributed by atoms with Crippen molar-refractivity contribution in [2.24, 2.45) is 0 Å². The first kappa shape index (κ1) is 20.5. The summed E-state index contributed by atoms with van der Waals surface area (Å²) >= 11 is 0. The highest BCUT2D eigenvalue weighted by Gasteiger charge is 2.21. The zero-order valence-corrected chi connectivity index (χ0v) is 17.6. The second kappa shape index (κ2) is 7.94. The standard InChI is InChI=1S/C24H17F2N5O2/c1-13-21(33-14(2)28-13)23(32)29-17-8-9-19(25)18(10-17)20-22(26)31-12-16(11-27-24(31)30-20)15-6-4-3-5-7-15/h3-12H,1-2H3,(H,29,32). The minimum Gasteiger partial charge on any atom is -0.436 e. The molecule has 0 unspecified atom stereocenters. The summed E-state index contributed by atoms with van der Waals surface area (Å²) in [5.74, 6) is -1.51. The van der Waals surface area contributed by atoms with Gasteiger partial charge in [0.1, 0.15) is 11.5 Å². The van der Waals surface area contributed by atoms with Gasteiger partial charge in [0.15, 0.2) is 5.89 Å². The number of imidazole rings is 1. The van der Waals surface area contributed by atoms with E-state index in [-0.39, 0.29) is 28.5 Å². The molecule has 0 aliphatic rings. The molecule has 3 heterocycles. The van der Waals surface area contributed by atoms with Gasteiger partial charge in [-0.1, -0.05) is 30.3 Å². The van der Waals surface area contributed by atoms with Gasteiger partial charge < -0.3 is 9.73 Å². The molecule has 164 valence electrons. The smallest absolute Gasteiger partial charge is 0.293 e. The van der Waals surface area contributed by atoms with Crippen LogP contribution >= 0.6 is 0 Å². The number of aromatic nitrogens is 4. The third kappa shape index (κ3) is 3.73. The number of halogens is 2. The molecule has 0 aliphatic carbocycles. The molecule has 0 saturated heterocycles. The molecule has 0 saturated carbocycles. The fraction of sp³-hybridized carbons (Fsp3) is 0.0833. The topological polar surface area (TPSA) is 85.3 Å². The summed E-state index contributed by atoms with van der Waals surface area (Å²) in [5, 5.41) is 2.62. The number of oxazole rings is 1. The summed E-state index contributed by atoms with van der Waals surface area (Å²) in [6.45, 7) is 3.27. The number of carbonyl (C=O) groups excluding carboxylic acids is 1. The number of rotatable bonds is 4. The zero-order chi connectivity index (χ0) is 23.1. The molecule has 0 atom stereocenters. The lowest BCUT2D eigenvalue weighted by atomic mass is 10.1. The van der Waals surface area contributed by atoms with Crippen LogP contribution in [-0.2, 0) is 0 Å². The van der Waals surface area contributed by atoms with Crippen molar-refractivity contribution in [2.45, 2.75) is 13.8 Å². The number of nitrogens with one attached hydrogen (secondary N) is 1. The van der Waals surface area contributed by atoms with Gasteiger partial charge in [-0.15, -0.1) is 0 Å². The van der Waals surface area contributed by atoms with E-state index in [4.69, 9.17) is 4.42 Å². The largest absolute Gasteiger partial charge is 0.436 e. The van der Waals surface area contributed by atoms with Gasteiger partial charge >= 0.3 is 0 Å². The second-order valence-electron chi connectivity index (χ2n) is 7.43. The summed E-state index contributed by atoms with van der Waals surface area (Å²) < 4.78 is 36.4. The average Bonchev–Trinajstić information content (AvgIpc) is 3.33. The first-order valence-corrected chi connectivity index (χ1v) is 10.0. The van der Waals surface area contributed by atoms with Crippen LogP contribution in [0.5, 0.6) is 0 Å². The van der Waals surface area contributed by atoms with E-state index in [1.165, 1.54) is 16.5 Å². The van der Waals surface area contributed by atoms with E-state index in [1.54, 1.807) is 26.2 Å². The monoisotopic (exact) mass is 445 g/mol. The Balaban J connectivity index is 1.52. The number of fused-ring (bicyclic) bond motifs is 1. The van der Waals surface area contributed by atoms with Crippen LogP contribution in [0.4, 0.5) is 14.5 Å². The Morgan fingerprint density at radius 3 is 2.55 bits per heavy atom. The van der Waals surface area contributed by atoms with Gasteiger partial charge in [-0.05, 0) is 30.7 Å². The third-order valence-corrected chi connectivity index (χ3v) is 5.12. The Morgan fingerprint density at radius 1 is 1.03 bits per heavy atom. The minimum absolute atomic E-state index is 0.0509. The van der Waals surface area contributed by atoms with E-state index >= 15 is 4.39 Å². The van der Waals surface area contributed by atoms with E-state index < -0.39 is 17.7 Å². The van der Waals surface area contributed by atoms with Gasteiger partial charge in [0.25, 0.3) is 5.91 Å². The molecule has 3 aromatic heterocycles. The van der Waals surface area contributed by atoms with Crippen molar-refractivity contribution < 1.29 is 18.0 Å². The summed E-state index contributed by atoms with van der Waals surface area (Å²) in [6, 6.07) is 13.2. The molecule has 0 aliphatic heterocycles. The first-order chi connectivity index (χ1) is 15.9. The molecular weight excluding hydrogens is 428 g/mol. The molecule has 0 bridgehead atoms. The number of nitrogens with zero attached hydrogens (tertiary/aromatic N) is 4. The van der Waals surface area contributed by atoms with Gasteiger partial charge in [0.05, 0.1) is 5.69 Å². The summed E-state index contributed by atoms with van der Waals surface area (Å²) in [5.41, 5.74) is 1.90. The second-order valence-corrected chi connectivity index (χ2v) is 7.43. The zero-order valence-electron chi connectivity index (χ0n) is 17.6. The predicted molar refractivity (Wildman–Crippen MR) is 118 cm³/mol. The van der Waals surface area contributed by atoms with E-state index in [0.29, 0.717) is 17.1 Å². The number of hydrogen-bond acceptors (Lipinski definition) is 5. The Hall–Kier alpha value is -4.40. The normalized spacial score (nSPS) is 11.2. The molecule has 1 amide bonds. The molecule has 2 aromatic carbocycles. The van der Waals surface area contributed by atoms with Crippen LogP contribution in [0.15, 0.2) is 65.3 Å². The highest BCUT2D eigenvalue weighted by Crippen LogP contribution is 2.29. The molecule has 0 radical (unpaired) electrons. The fourth-order valence-corrected chi connectivity index (χ4v) is 3.57. The maximum atomic E-state index is 15.3. The van der Waals surface area contributed by atoms with E-state index in [1.807, 2.05) is 30.3 Å². The van der Waals surface area contributed by atoms with Crippen molar-refractivity contribution in [3.05, 3.63) is 90.0 Å². The number of aryl methyl sites for hydroxylation is 2. The third-order valence-electron chi connectivity index (χ3n) is 5.12. The van der Waals surface area contributed by atoms with Gasteiger partial charge in [-0.2, -0.15) is 4.39 Å². The van der Waals surface area contributed by atoms with Gasteiger partial charge in [0.2, 0.25) is 17.5 Å². The summed E-state index contributed by atoms with van der Waals surface area (Å²) in [7, 11) is 0. The number of amides is 1. The summed E-state index contributed by atoms with van der Waals surface area (Å²) in [6.07, 6.45) is 3.14. The lowest BCUT2D eigenvalue weighted by Gasteiger charge is -2.07. The van der Waals surface area contributed by atoms with Crippen molar-refractivity contribution in [2.75, 3.05) is 5.32 Å². The highest BCUT2D eigenvalue weighted by molar-refractivity contribution is 6.03. The quantitative estimate of drug-likeness (QED) is 0.411. The number of hydrogen-bond donors (Lipinski definition) is 1. The minimum atomic E-state index is -0.764. The van der Waals surface area contributed by atoms with Gasteiger partial charge in [-0.25, -0.2) is 19.3 Å². The van der Waals surface area contributed by atoms with Crippen LogP contribution in [0.25, 0.3) is 28.2 Å². The first-order valence-electron chi connectivity index (χ1n) is 10.0. The fourth-order valence-electron chi connectivity index (χ4n) is 3.57. The molecule has 1 N–H and O–H groups in total. The molecule has 5 rings (SSSR count). The Labute approximate surface area is 186 Å². The lowest BCUT2D eigenvalue weighted by Crippen LogP contribution is -2.12. The Morgan fingerprint density at radius 2 is 1.82 bits per heavy atom. The van der Waals surface area contributed by atoms with E-state index in [0.717, 1.165) is 11.6 Å². The molecule has 9 heteroatoms. The van der Waals surface area contributed by atoms with Crippen LogP contribution in [0.3, 0.4) is 0 Å². The highest BCUT2D eigenvalue weighted by atomic mass is 19.1. The van der Waals surface area contributed by atoms with Crippen molar-refractivity contribution >= 4 is 17.4 Å². The van der Waals surface area contributed by atoms with Crippen molar-refractivity contribution in [3.63, 3.8) is 0 Å². The Bertz CT molecular complexity index is 1510. The van der Waals surface area contributed by atoms with Crippen LogP contribution in [0, 0.1) is 25.6 Å². The molecule has 0 fully saturated rings. The van der Waals surface area contributed by atoms with Crippen molar-refractivity contribution in [3.8, 4) is 22.4 Å². The van der Waals surface area contributed by atoms with Crippen LogP contribution in [0.2, 0.25) is 0 Å².